The highest BCUT2D eigenvalue weighted by Gasteiger charge is 2.11. The van der Waals surface area contributed by atoms with E-state index in [1.807, 2.05) is 30.6 Å². The molecule has 2 aromatic rings. The van der Waals surface area contributed by atoms with Gasteiger partial charge in [-0.25, -0.2) is 9.97 Å². The molecule has 1 aliphatic heterocycles. The molecule has 3 heterocycles. The molecule has 0 bridgehead atoms. The molecule has 19 heavy (non-hydrogen) atoms. The Hall–Kier alpha value is -1.85. The number of nitrogens with zero attached hydrogens (tertiary/aromatic N) is 4. The topological polar surface area (TPSA) is 53.9 Å². The largest absolute Gasteiger partial charge is 0.314 e. The van der Waals surface area contributed by atoms with E-state index in [2.05, 4.69) is 25.2 Å². The minimum absolute atomic E-state index is 0.815. The van der Waals surface area contributed by atoms with Crippen molar-refractivity contribution in [1.82, 2.24) is 25.2 Å². The van der Waals surface area contributed by atoms with Crippen LogP contribution < -0.4 is 5.32 Å². The number of hydrogen-bond donors (Lipinski definition) is 1. The first-order chi connectivity index (χ1) is 9.42. The zero-order valence-electron chi connectivity index (χ0n) is 10.8. The van der Waals surface area contributed by atoms with Crippen LogP contribution >= 0.6 is 0 Å². The van der Waals surface area contributed by atoms with Crippen LogP contribution in [0.3, 0.4) is 0 Å². The van der Waals surface area contributed by atoms with Gasteiger partial charge in [-0.1, -0.05) is 0 Å². The Morgan fingerprint density at radius 2 is 2.05 bits per heavy atom. The monoisotopic (exact) mass is 255 g/mol. The van der Waals surface area contributed by atoms with Crippen LogP contribution in [0.15, 0.2) is 36.8 Å². The van der Waals surface area contributed by atoms with E-state index in [0.29, 0.717) is 0 Å². The van der Waals surface area contributed by atoms with Crippen LogP contribution in [0, 0.1) is 0 Å². The minimum Gasteiger partial charge on any atom is -0.314 e. The third-order valence-corrected chi connectivity index (χ3v) is 3.24. The first-order valence-corrected chi connectivity index (χ1v) is 6.57. The number of nitrogens with one attached hydrogen (secondary N) is 1. The summed E-state index contributed by atoms with van der Waals surface area (Å²) in [4.78, 5) is 15.5. The maximum atomic E-state index is 4.62. The van der Waals surface area contributed by atoms with E-state index in [9.17, 15) is 0 Å². The first-order valence-electron chi connectivity index (χ1n) is 6.57. The molecule has 1 aliphatic rings. The number of aromatic nitrogens is 3. The minimum atomic E-state index is 0.815. The lowest BCUT2D eigenvalue weighted by Gasteiger charge is -2.26. The van der Waals surface area contributed by atoms with Gasteiger partial charge in [-0.05, 0) is 18.2 Å². The molecule has 3 rings (SSSR count). The predicted molar refractivity (Wildman–Crippen MR) is 73.4 cm³/mol. The van der Waals surface area contributed by atoms with Gasteiger partial charge in [0.25, 0.3) is 0 Å². The molecule has 1 N–H and O–H groups in total. The molecule has 0 aliphatic carbocycles. The van der Waals surface area contributed by atoms with E-state index >= 15 is 0 Å². The Morgan fingerprint density at radius 1 is 1.16 bits per heavy atom. The molecule has 0 unspecified atom stereocenters. The van der Waals surface area contributed by atoms with Gasteiger partial charge in [-0.15, -0.1) is 0 Å². The van der Waals surface area contributed by atoms with Crippen molar-refractivity contribution in [2.45, 2.75) is 6.54 Å². The molecule has 0 amide bonds. The molecule has 5 nitrogen and oxygen atoms in total. The quantitative estimate of drug-likeness (QED) is 0.884. The summed E-state index contributed by atoms with van der Waals surface area (Å²) in [6, 6.07) is 5.87. The summed E-state index contributed by atoms with van der Waals surface area (Å²) < 4.78 is 0. The van der Waals surface area contributed by atoms with Crippen molar-refractivity contribution in [3.63, 3.8) is 0 Å². The number of rotatable bonds is 3. The zero-order chi connectivity index (χ0) is 12.9. The summed E-state index contributed by atoms with van der Waals surface area (Å²) >= 11 is 0. The Labute approximate surface area is 112 Å². The zero-order valence-corrected chi connectivity index (χ0v) is 10.8. The summed E-state index contributed by atoms with van der Waals surface area (Å²) in [5, 5.41) is 3.35. The van der Waals surface area contributed by atoms with Crippen LogP contribution in [0.25, 0.3) is 11.3 Å². The van der Waals surface area contributed by atoms with Crippen molar-refractivity contribution in [2.75, 3.05) is 26.2 Å². The van der Waals surface area contributed by atoms with Crippen molar-refractivity contribution >= 4 is 0 Å². The molecule has 0 atom stereocenters. The number of piperazine rings is 1. The molecule has 0 aromatic carbocycles. The molecule has 1 saturated heterocycles. The first kappa shape index (κ1) is 12.2. The smallest absolute Gasteiger partial charge is 0.142 e. The second-order valence-corrected chi connectivity index (χ2v) is 4.63. The highest BCUT2D eigenvalue weighted by Crippen LogP contribution is 2.14. The summed E-state index contributed by atoms with van der Waals surface area (Å²) in [7, 11) is 0. The van der Waals surface area contributed by atoms with Crippen molar-refractivity contribution < 1.29 is 0 Å². The van der Waals surface area contributed by atoms with Gasteiger partial charge in [0.1, 0.15) is 5.82 Å². The maximum absolute atomic E-state index is 4.62. The van der Waals surface area contributed by atoms with Gasteiger partial charge < -0.3 is 5.32 Å². The third kappa shape index (κ3) is 3.13. The fourth-order valence-corrected chi connectivity index (χ4v) is 2.22. The molecule has 0 radical (unpaired) electrons. The lowest BCUT2D eigenvalue weighted by molar-refractivity contribution is 0.228. The summed E-state index contributed by atoms with van der Waals surface area (Å²) in [6.07, 6.45) is 5.43. The van der Waals surface area contributed by atoms with Gasteiger partial charge >= 0.3 is 0 Å². The average Bonchev–Trinajstić information content (AvgIpc) is 2.49. The van der Waals surface area contributed by atoms with Crippen LogP contribution in [0.5, 0.6) is 0 Å². The van der Waals surface area contributed by atoms with E-state index in [1.54, 1.807) is 6.20 Å². The second-order valence-electron chi connectivity index (χ2n) is 4.63. The van der Waals surface area contributed by atoms with Crippen LogP contribution in [0.1, 0.15) is 5.82 Å². The van der Waals surface area contributed by atoms with E-state index < -0.39 is 0 Å². The highest BCUT2D eigenvalue weighted by atomic mass is 15.2. The lowest BCUT2D eigenvalue weighted by Crippen LogP contribution is -2.43. The van der Waals surface area contributed by atoms with Crippen molar-refractivity contribution in [3.05, 3.63) is 42.6 Å². The number of pyridine rings is 1. The maximum Gasteiger partial charge on any atom is 0.142 e. The second kappa shape index (κ2) is 5.86. The van der Waals surface area contributed by atoms with E-state index in [0.717, 1.165) is 49.8 Å². The van der Waals surface area contributed by atoms with Gasteiger partial charge in [-0.3, -0.25) is 9.88 Å². The Kier molecular flexibility index (Phi) is 3.76. The molecule has 5 heteroatoms. The third-order valence-electron chi connectivity index (χ3n) is 3.24. The summed E-state index contributed by atoms with van der Waals surface area (Å²) in [5.41, 5.74) is 1.97. The molecule has 0 saturated carbocycles. The van der Waals surface area contributed by atoms with Crippen LogP contribution in [0.2, 0.25) is 0 Å². The molecule has 98 valence electrons. The molecule has 1 fully saturated rings. The van der Waals surface area contributed by atoms with Gasteiger partial charge in [-0.2, -0.15) is 0 Å². The standard InChI is InChI=1S/C14H17N5/c1-2-12(10-16-4-1)13-3-5-17-14(18-13)11-19-8-6-15-7-9-19/h1-5,10,15H,6-9,11H2. The van der Waals surface area contributed by atoms with E-state index in [-0.39, 0.29) is 0 Å². The fourth-order valence-electron chi connectivity index (χ4n) is 2.22. The predicted octanol–water partition coefficient (Wildman–Crippen LogP) is 0.944. The van der Waals surface area contributed by atoms with E-state index in [1.165, 1.54) is 0 Å². The van der Waals surface area contributed by atoms with Crippen molar-refractivity contribution in [2.24, 2.45) is 0 Å². The van der Waals surface area contributed by atoms with Gasteiger partial charge in [0.15, 0.2) is 0 Å². The highest BCUT2D eigenvalue weighted by molar-refractivity contribution is 5.56. The number of hydrogen-bond acceptors (Lipinski definition) is 5. The summed E-state index contributed by atoms with van der Waals surface area (Å²) in [6.45, 7) is 5.02. The Morgan fingerprint density at radius 3 is 2.84 bits per heavy atom. The normalized spacial score (nSPS) is 16.4. The Bertz CT molecular complexity index is 522. The average molecular weight is 255 g/mol. The SMILES string of the molecule is c1cncc(-c2ccnc(CN3CCNCC3)n2)c1. The van der Waals surface area contributed by atoms with Crippen molar-refractivity contribution in [1.29, 1.82) is 0 Å². The lowest BCUT2D eigenvalue weighted by atomic mass is 10.2. The van der Waals surface area contributed by atoms with Gasteiger partial charge in [0, 0.05) is 50.3 Å². The molecular weight excluding hydrogens is 238 g/mol. The summed E-state index contributed by atoms with van der Waals surface area (Å²) in [5.74, 6) is 0.878. The fraction of sp³-hybridized carbons (Fsp3) is 0.357. The van der Waals surface area contributed by atoms with Crippen LogP contribution in [-0.2, 0) is 6.54 Å². The Balaban J connectivity index is 1.76. The van der Waals surface area contributed by atoms with Gasteiger partial charge in [0.2, 0.25) is 0 Å². The molecule has 2 aromatic heterocycles. The van der Waals surface area contributed by atoms with Crippen LogP contribution in [-0.4, -0.2) is 46.0 Å². The molecular formula is C14H17N5. The van der Waals surface area contributed by atoms with Gasteiger partial charge in [0.05, 0.1) is 12.2 Å². The molecule has 0 spiro atoms. The van der Waals surface area contributed by atoms with Crippen molar-refractivity contribution in [3.8, 4) is 11.3 Å². The van der Waals surface area contributed by atoms with E-state index in [4.69, 9.17) is 0 Å². The van der Waals surface area contributed by atoms with Crippen LogP contribution in [0.4, 0.5) is 0 Å².